The zero-order valence-electron chi connectivity index (χ0n) is 14.3. The summed E-state index contributed by atoms with van der Waals surface area (Å²) in [5.74, 6) is -0.384. The molecule has 0 aliphatic carbocycles. The lowest BCUT2D eigenvalue weighted by atomic mass is 10.2. The maximum absolute atomic E-state index is 12.6. The van der Waals surface area contributed by atoms with Crippen LogP contribution < -0.4 is 5.32 Å². The molecule has 1 N–H and O–H groups in total. The van der Waals surface area contributed by atoms with Gasteiger partial charge in [-0.2, -0.15) is 4.31 Å². The molecular formula is C17H21ClN2O3S2. The predicted octanol–water partition coefficient (Wildman–Crippen LogP) is 3.40. The van der Waals surface area contributed by atoms with Crippen molar-refractivity contribution in [3.63, 3.8) is 0 Å². The van der Waals surface area contributed by atoms with E-state index >= 15 is 0 Å². The summed E-state index contributed by atoms with van der Waals surface area (Å²) in [6, 6.07) is 7.95. The molecule has 0 fully saturated rings. The highest BCUT2D eigenvalue weighted by Crippen LogP contribution is 2.23. The minimum atomic E-state index is -3.67. The van der Waals surface area contributed by atoms with Gasteiger partial charge >= 0.3 is 0 Å². The van der Waals surface area contributed by atoms with E-state index in [2.05, 4.69) is 5.32 Å². The van der Waals surface area contributed by atoms with Gasteiger partial charge in [-0.3, -0.25) is 4.79 Å². The van der Waals surface area contributed by atoms with Crippen molar-refractivity contribution in [1.29, 1.82) is 0 Å². The smallest absolute Gasteiger partial charge is 0.252 e. The lowest BCUT2D eigenvalue weighted by Crippen LogP contribution is -2.33. The topological polar surface area (TPSA) is 66.5 Å². The first kappa shape index (κ1) is 19.9. The Morgan fingerprint density at radius 1 is 1.32 bits per heavy atom. The number of amides is 1. The highest BCUT2D eigenvalue weighted by Gasteiger charge is 2.25. The molecule has 0 radical (unpaired) electrons. The first-order valence-electron chi connectivity index (χ1n) is 7.81. The minimum Gasteiger partial charge on any atom is -0.352 e. The first-order chi connectivity index (χ1) is 11.7. The molecule has 8 heteroatoms. The van der Waals surface area contributed by atoms with E-state index in [0.717, 1.165) is 6.42 Å². The molecular weight excluding hydrogens is 380 g/mol. The van der Waals surface area contributed by atoms with Crippen LogP contribution in [-0.2, 0) is 16.4 Å². The number of carbonyl (C=O) groups excluding carboxylic acids is 1. The lowest BCUT2D eigenvalue weighted by molar-refractivity contribution is 0.0954. The third-order valence-corrected chi connectivity index (χ3v) is 7.12. The van der Waals surface area contributed by atoms with Crippen LogP contribution >= 0.6 is 22.9 Å². The molecule has 1 heterocycles. The molecule has 0 bridgehead atoms. The van der Waals surface area contributed by atoms with Gasteiger partial charge in [-0.05, 0) is 49.9 Å². The van der Waals surface area contributed by atoms with Gasteiger partial charge in [0.2, 0.25) is 10.0 Å². The quantitative estimate of drug-likeness (QED) is 0.774. The lowest BCUT2D eigenvalue weighted by Gasteiger charge is -2.21. The van der Waals surface area contributed by atoms with E-state index in [4.69, 9.17) is 11.6 Å². The molecule has 0 saturated heterocycles. The Hall–Kier alpha value is -1.41. The number of hydrogen-bond acceptors (Lipinski definition) is 4. The van der Waals surface area contributed by atoms with Crippen LogP contribution in [0.5, 0.6) is 0 Å². The largest absolute Gasteiger partial charge is 0.352 e. The predicted molar refractivity (Wildman–Crippen MR) is 102 cm³/mol. The van der Waals surface area contributed by atoms with Crippen LogP contribution in [0.25, 0.3) is 0 Å². The minimum absolute atomic E-state index is 0.0523. The number of halogens is 1. The number of benzene rings is 1. The van der Waals surface area contributed by atoms with Crippen LogP contribution in [0.15, 0.2) is 40.6 Å². The summed E-state index contributed by atoms with van der Waals surface area (Å²) in [6.45, 7) is 4.02. The number of nitrogens with one attached hydrogen (secondary N) is 1. The van der Waals surface area contributed by atoms with Gasteiger partial charge in [-0.1, -0.05) is 17.7 Å². The Labute approximate surface area is 157 Å². The monoisotopic (exact) mass is 400 g/mol. The maximum Gasteiger partial charge on any atom is 0.252 e. The van der Waals surface area contributed by atoms with Gasteiger partial charge in [-0.15, -0.1) is 11.3 Å². The zero-order chi connectivity index (χ0) is 18.6. The molecule has 0 unspecified atom stereocenters. The molecule has 2 rings (SSSR count). The van der Waals surface area contributed by atoms with Crippen molar-refractivity contribution in [1.82, 2.24) is 9.62 Å². The number of carbonyl (C=O) groups is 1. The summed E-state index contributed by atoms with van der Waals surface area (Å²) in [7, 11) is -2.16. The van der Waals surface area contributed by atoms with Gasteiger partial charge in [0.25, 0.3) is 5.91 Å². The van der Waals surface area contributed by atoms with Gasteiger partial charge in [0.1, 0.15) is 0 Å². The van der Waals surface area contributed by atoms with Crippen molar-refractivity contribution in [2.45, 2.75) is 31.2 Å². The summed E-state index contributed by atoms with van der Waals surface area (Å²) in [6.07, 6.45) is 0.717. The van der Waals surface area contributed by atoms with E-state index in [1.54, 1.807) is 25.2 Å². The third-order valence-electron chi connectivity index (χ3n) is 3.82. The average molecular weight is 401 g/mol. The van der Waals surface area contributed by atoms with Crippen LogP contribution in [0.1, 0.15) is 29.1 Å². The van der Waals surface area contributed by atoms with Crippen LogP contribution in [0.2, 0.25) is 5.02 Å². The molecule has 136 valence electrons. The summed E-state index contributed by atoms with van der Waals surface area (Å²) in [5, 5.41) is 4.99. The second kappa shape index (κ2) is 8.31. The van der Waals surface area contributed by atoms with Crippen LogP contribution in [-0.4, -0.2) is 38.3 Å². The summed E-state index contributed by atoms with van der Waals surface area (Å²) in [4.78, 5) is 13.6. The number of nitrogens with zero attached hydrogens (tertiary/aromatic N) is 1. The Bertz CT molecular complexity index is 834. The van der Waals surface area contributed by atoms with E-state index < -0.39 is 10.0 Å². The van der Waals surface area contributed by atoms with Crippen molar-refractivity contribution in [2.24, 2.45) is 0 Å². The molecule has 0 aliphatic heterocycles. The van der Waals surface area contributed by atoms with E-state index in [1.165, 1.54) is 34.4 Å². The molecule has 25 heavy (non-hydrogen) atoms. The van der Waals surface area contributed by atoms with Crippen LogP contribution in [0, 0.1) is 0 Å². The van der Waals surface area contributed by atoms with Crippen LogP contribution in [0.4, 0.5) is 0 Å². The van der Waals surface area contributed by atoms with Crippen molar-refractivity contribution in [2.75, 3.05) is 13.6 Å². The van der Waals surface area contributed by atoms with Gasteiger partial charge in [0.05, 0.1) is 15.5 Å². The van der Waals surface area contributed by atoms with Gasteiger partial charge in [0, 0.05) is 24.5 Å². The third kappa shape index (κ3) is 4.82. The van der Waals surface area contributed by atoms with Crippen molar-refractivity contribution < 1.29 is 13.2 Å². The first-order valence-corrected chi connectivity index (χ1v) is 10.5. The summed E-state index contributed by atoms with van der Waals surface area (Å²) in [5.41, 5.74) is 0.158. The van der Waals surface area contributed by atoms with E-state index in [1.807, 2.05) is 17.5 Å². The van der Waals surface area contributed by atoms with E-state index in [9.17, 15) is 13.2 Å². The fourth-order valence-electron chi connectivity index (χ4n) is 2.13. The van der Waals surface area contributed by atoms with Gasteiger partial charge < -0.3 is 5.32 Å². The number of hydrogen-bond donors (Lipinski definition) is 1. The Balaban J connectivity index is 2.16. The molecule has 1 aromatic heterocycles. The SMILES string of the molecule is CC(C)N(C)S(=O)(=O)c1ccc(Cl)c(C(=O)NCCc2cccs2)c1. The molecule has 5 nitrogen and oxygen atoms in total. The summed E-state index contributed by atoms with van der Waals surface area (Å²) < 4.78 is 26.4. The fourth-order valence-corrected chi connectivity index (χ4v) is 4.44. The van der Waals surface area contributed by atoms with Gasteiger partial charge in [-0.25, -0.2) is 8.42 Å². The summed E-state index contributed by atoms with van der Waals surface area (Å²) >= 11 is 7.72. The van der Waals surface area contributed by atoms with Crippen LogP contribution in [0.3, 0.4) is 0 Å². The maximum atomic E-state index is 12.6. The average Bonchev–Trinajstić information content (AvgIpc) is 3.07. The van der Waals surface area contributed by atoms with Gasteiger partial charge in [0.15, 0.2) is 0 Å². The number of rotatable bonds is 7. The van der Waals surface area contributed by atoms with Crippen molar-refractivity contribution in [3.05, 3.63) is 51.2 Å². The highest BCUT2D eigenvalue weighted by atomic mass is 35.5. The standard InChI is InChI=1S/C17H21ClN2O3S2/c1-12(2)20(3)25(22,23)14-6-7-16(18)15(11-14)17(21)19-9-8-13-5-4-10-24-13/h4-7,10-12H,8-9H2,1-3H3,(H,19,21). The Morgan fingerprint density at radius 2 is 2.04 bits per heavy atom. The zero-order valence-corrected chi connectivity index (χ0v) is 16.7. The second-order valence-electron chi connectivity index (χ2n) is 5.84. The Morgan fingerprint density at radius 3 is 2.64 bits per heavy atom. The molecule has 0 aliphatic rings. The van der Waals surface area contributed by atoms with Crippen molar-refractivity contribution in [3.8, 4) is 0 Å². The Kier molecular flexibility index (Phi) is 6.62. The molecule has 2 aromatic rings. The number of thiophene rings is 1. The molecule has 1 aromatic carbocycles. The second-order valence-corrected chi connectivity index (χ2v) is 9.28. The molecule has 0 saturated carbocycles. The molecule has 1 amide bonds. The van der Waals surface area contributed by atoms with Crippen molar-refractivity contribution >= 4 is 38.9 Å². The van der Waals surface area contributed by atoms with E-state index in [0.29, 0.717) is 6.54 Å². The van der Waals surface area contributed by atoms with E-state index in [-0.39, 0.29) is 27.4 Å². The molecule has 0 atom stereocenters. The molecule has 0 spiro atoms. The fraction of sp³-hybridized carbons (Fsp3) is 0.353. The number of sulfonamides is 1. The highest BCUT2D eigenvalue weighted by molar-refractivity contribution is 7.89. The normalized spacial score (nSPS) is 11.9.